The van der Waals surface area contributed by atoms with Crippen LogP contribution in [0.25, 0.3) is 0 Å². The summed E-state index contributed by atoms with van der Waals surface area (Å²) in [6.07, 6.45) is 4.79. The van der Waals surface area contributed by atoms with Crippen molar-refractivity contribution in [3.05, 3.63) is 59.9 Å². The van der Waals surface area contributed by atoms with Crippen LogP contribution in [-0.4, -0.2) is 48.0 Å². The first kappa shape index (κ1) is 22.8. The molecule has 2 atom stereocenters. The van der Waals surface area contributed by atoms with Gasteiger partial charge in [0.25, 0.3) is 0 Å². The molecule has 3 aliphatic rings. The Morgan fingerprint density at radius 1 is 1.21 bits per heavy atom. The first-order valence-electron chi connectivity index (χ1n) is 12.0. The summed E-state index contributed by atoms with van der Waals surface area (Å²) in [7, 11) is 1.49. The minimum Gasteiger partial charge on any atom is -0.369 e. The molecule has 0 bridgehead atoms. The second kappa shape index (κ2) is 9.35. The molecule has 5 rings (SSSR count). The Kier molecular flexibility index (Phi) is 6.27. The molecule has 34 heavy (non-hydrogen) atoms. The maximum Gasteiger partial charge on any atom is 0.350 e. The highest BCUT2D eigenvalue weighted by molar-refractivity contribution is 6.16. The van der Waals surface area contributed by atoms with Crippen molar-refractivity contribution in [2.24, 2.45) is 4.99 Å². The van der Waals surface area contributed by atoms with Gasteiger partial charge in [-0.15, -0.1) is 0 Å². The third-order valence-corrected chi connectivity index (χ3v) is 7.31. The lowest BCUT2D eigenvalue weighted by Gasteiger charge is -2.49. The fraction of sp³-hybridized carbons (Fsp3) is 0.462. The van der Waals surface area contributed by atoms with Crippen LogP contribution in [0.4, 0.5) is 14.9 Å². The number of urea groups is 1. The van der Waals surface area contributed by atoms with Gasteiger partial charge in [0.2, 0.25) is 0 Å². The van der Waals surface area contributed by atoms with E-state index < -0.39 is 5.54 Å². The van der Waals surface area contributed by atoms with E-state index in [-0.39, 0.29) is 17.9 Å². The summed E-state index contributed by atoms with van der Waals surface area (Å²) in [6, 6.07) is 14.3. The SMILES string of the molecule is COOc1cccc(CN2CC[C@@]3(C[C@@H]2C)C(NC2CCC2)=NC(=O)N3c2cccc(F)c2)c1. The number of nitrogens with zero attached hydrogens (tertiary/aromatic N) is 3. The van der Waals surface area contributed by atoms with E-state index in [4.69, 9.17) is 9.78 Å². The molecule has 2 aromatic rings. The zero-order valence-corrected chi connectivity index (χ0v) is 19.7. The molecule has 0 unspecified atom stereocenters. The maximum absolute atomic E-state index is 14.1. The van der Waals surface area contributed by atoms with Gasteiger partial charge in [-0.2, -0.15) is 9.88 Å². The number of hydrogen-bond acceptors (Lipinski definition) is 5. The van der Waals surface area contributed by atoms with Gasteiger partial charge in [-0.25, -0.2) is 9.18 Å². The molecule has 1 saturated carbocycles. The van der Waals surface area contributed by atoms with E-state index in [1.165, 1.54) is 25.7 Å². The van der Waals surface area contributed by atoms with Gasteiger partial charge in [-0.05, 0) is 74.9 Å². The molecular formula is C26H31FN4O3. The lowest BCUT2D eigenvalue weighted by atomic mass is 9.80. The van der Waals surface area contributed by atoms with Gasteiger partial charge in [0.15, 0.2) is 5.75 Å². The molecule has 1 spiro atoms. The lowest BCUT2D eigenvalue weighted by molar-refractivity contribution is -0.178. The number of likely N-dealkylation sites (tertiary alicyclic amines) is 1. The number of carbonyl (C=O) groups excluding carboxylic acids is 1. The van der Waals surface area contributed by atoms with Crippen LogP contribution >= 0.6 is 0 Å². The molecule has 1 N–H and O–H groups in total. The van der Waals surface area contributed by atoms with E-state index in [1.807, 2.05) is 18.2 Å². The summed E-state index contributed by atoms with van der Waals surface area (Å²) in [5, 5.41) is 3.57. The highest BCUT2D eigenvalue weighted by Crippen LogP contribution is 2.41. The number of benzene rings is 2. The highest BCUT2D eigenvalue weighted by Gasteiger charge is 2.54. The third-order valence-electron chi connectivity index (χ3n) is 7.31. The first-order valence-corrected chi connectivity index (χ1v) is 12.0. The highest BCUT2D eigenvalue weighted by atomic mass is 19.1. The molecule has 180 valence electrons. The Morgan fingerprint density at radius 2 is 2.03 bits per heavy atom. The van der Waals surface area contributed by atoms with E-state index >= 15 is 0 Å². The van der Waals surface area contributed by atoms with E-state index in [2.05, 4.69) is 28.2 Å². The number of nitrogens with one attached hydrogen (secondary N) is 1. The number of amides is 2. The lowest BCUT2D eigenvalue weighted by Crippen LogP contribution is -2.64. The number of rotatable bonds is 6. The van der Waals surface area contributed by atoms with Crippen LogP contribution < -0.4 is 15.1 Å². The fourth-order valence-electron chi connectivity index (χ4n) is 5.37. The number of hydrogen-bond donors (Lipinski definition) is 1. The zero-order chi connectivity index (χ0) is 23.7. The average molecular weight is 467 g/mol. The molecule has 1 saturated heterocycles. The zero-order valence-electron chi connectivity index (χ0n) is 19.7. The summed E-state index contributed by atoms with van der Waals surface area (Å²) in [4.78, 5) is 31.7. The van der Waals surface area contributed by atoms with Crippen LogP contribution in [0.2, 0.25) is 0 Å². The molecular weight excluding hydrogens is 435 g/mol. The monoisotopic (exact) mass is 466 g/mol. The van der Waals surface area contributed by atoms with Crippen molar-refractivity contribution in [1.82, 2.24) is 10.2 Å². The molecule has 2 fully saturated rings. The van der Waals surface area contributed by atoms with Crippen LogP contribution in [-0.2, 0) is 11.4 Å². The van der Waals surface area contributed by atoms with Crippen LogP contribution in [0.3, 0.4) is 0 Å². The predicted molar refractivity (Wildman–Crippen MR) is 128 cm³/mol. The smallest absolute Gasteiger partial charge is 0.350 e. The van der Waals surface area contributed by atoms with Crippen molar-refractivity contribution in [3.63, 3.8) is 0 Å². The van der Waals surface area contributed by atoms with Crippen molar-refractivity contribution < 1.29 is 19.0 Å². The summed E-state index contributed by atoms with van der Waals surface area (Å²) < 4.78 is 14.1. The normalized spacial score (nSPS) is 25.4. The van der Waals surface area contributed by atoms with Gasteiger partial charge in [0.1, 0.15) is 17.2 Å². The Labute approximate surface area is 199 Å². The number of carbonyl (C=O) groups is 1. The molecule has 2 heterocycles. The van der Waals surface area contributed by atoms with Gasteiger partial charge >= 0.3 is 6.03 Å². The third kappa shape index (κ3) is 4.28. The number of aliphatic imine (C=N–C) groups is 1. The molecule has 7 nitrogen and oxygen atoms in total. The van der Waals surface area contributed by atoms with Crippen LogP contribution in [0.15, 0.2) is 53.5 Å². The number of piperidine rings is 1. The molecule has 1 aliphatic carbocycles. The molecule has 0 radical (unpaired) electrons. The largest absolute Gasteiger partial charge is 0.369 e. The van der Waals surface area contributed by atoms with Gasteiger partial charge in [0, 0.05) is 30.9 Å². The number of amidine groups is 1. The molecule has 2 aliphatic heterocycles. The van der Waals surface area contributed by atoms with Crippen molar-refractivity contribution >= 4 is 17.6 Å². The average Bonchev–Trinajstić information content (AvgIpc) is 3.03. The van der Waals surface area contributed by atoms with Gasteiger partial charge in [-0.3, -0.25) is 9.80 Å². The summed E-state index contributed by atoms with van der Waals surface area (Å²) in [6.45, 7) is 3.72. The second-order valence-electron chi connectivity index (χ2n) is 9.53. The van der Waals surface area contributed by atoms with Crippen molar-refractivity contribution in [3.8, 4) is 5.75 Å². The van der Waals surface area contributed by atoms with Crippen LogP contribution in [0.1, 0.15) is 44.6 Å². The number of halogens is 1. The molecule has 0 aromatic heterocycles. The second-order valence-corrected chi connectivity index (χ2v) is 9.53. The summed E-state index contributed by atoms with van der Waals surface area (Å²) in [5.41, 5.74) is 1.09. The summed E-state index contributed by atoms with van der Waals surface area (Å²) in [5.74, 6) is 1.05. The minimum absolute atomic E-state index is 0.177. The molecule has 2 aromatic carbocycles. The van der Waals surface area contributed by atoms with Crippen LogP contribution in [0.5, 0.6) is 5.75 Å². The van der Waals surface area contributed by atoms with Crippen molar-refractivity contribution in [2.45, 2.75) is 63.2 Å². The molecule has 8 heteroatoms. The van der Waals surface area contributed by atoms with E-state index in [9.17, 15) is 9.18 Å². The Morgan fingerprint density at radius 3 is 2.74 bits per heavy atom. The van der Waals surface area contributed by atoms with Gasteiger partial charge in [0.05, 0.1) is 7.11 Å². The standard InChI is InChI=1S/C26H31FN4O3/c1-18-16-26(12-13-30(18)17-19-6-3-11-23(14-19)34-33-2)24(28-21-8-5-9-21)29-25(32)31(26)22-10-4-7-20(27)15-22/h3-4,6-7,10-11,14-15,18,21H,5,8-9,12-13,16-17H2,1-2H3,(H,28,29,32)/t18-,26+/m0/s1. The van der Waals surface area contributed by atoms with E-state index in [0.29, 0.717) is 30.3 Å². The van der Waals surface area contributed by atoms with Crippen LogP contribution in [0, 0.1) is 5.82 Å². The Bertz CT molecular complexity index is 1090. The minimum atomic E-state index is -0.600. The quantitative estimate of drug-likeness (QED) is 0.495. The summed E-state index contributed by atoms with van der Waals surface area (Å²) >= 11 is 0. The maximum atomic E-state index is 14.1. The number of anilines is 1. The van der Waals surface area contributed by atoms with Gasteiger partial charge < -0.3 is 10.2 Å². The van der Waals surface area contributed by atoms with Crippen molar-refractivity contribution in [2.75, 3.05) is 18.6 Å². The fourth-order valence-corrected chi connectivity index (χ4v) is 5.37. The van der Waals surface area contributed by atoms with E-state index in [0.717, 1.165) is 37.3 Å². The van der Waals surface area contributed by atoms with Gasteiger partial charge in [-0.1, -0.05) is 18.2 Å². The van der Waals surface area contributed by atoms with Crippen molar-refractivity contribution in [1.29, 1.82) is 0 Å². The topological polar surface area (TPSA) is 66.4 Å². The predicted octanol–water partition coefficient (Wildman–Crippen LogP) is 4.67. The van der Waals surface area contributed by atoms with E-state index in [1.54, 1.807) is 17.0 Å². The Hall–Kier alpha value is -2.97. The Balaban J connectivity index is 1.40. The molecule has 2 amide bonds. The first-order chi connectivity index (χ1) is 16.5.